The molecule has 1 aromatic rings. The van der Waals surface area contributed by atoms with Gasteiger partial charge in [0, 0.05) is 12.2 Å². The largest absolute Gasteiger partial charge is 0.376 e. The van der Waals surface area contributed by atoms with Crippen molar-refractivity contribution in [3.05, 3.63) is 29.8 Å². The molecule has 0 aromatic heterocycles. The van der Waals surface area contributed by atoms with Crippen LogP contribution in [0.15, 0.2) is 24.3 Å². The summed E-state index contributed by atoms with van der Waals surface area (Å²) in [5.74, 6) is 0. The molecule has 2 rings (SSSR count). The van der Waals surface area contributed by atoms with Crippen LogP contribution in [-0.4, -0.2) is 38.5 Å². The van der Waals surface area contributed by atoms with Gasteiger partial charge in [0.25, 0.3) is 0 Å². The zero-order valence-corrected chi connectivity index (χ0v) is 11.1. The highest BCUT2D eigenvalue weighted by atomic mass is 16.6. The number of para-hydroxylation sites is 1. The van der Waals surface area contributed by atoms with Gasteiger partial charge in [0.2, 0.25) is 0 Å². The van der Waals surface area contributed by atoms with Gasteiger partial charge in [-0.05, 0) is 18.1 Å². The van der Waals surface area contributed by atoms with Crippen molar-refractivity contribution in [2.45, 2.75) is 19.4 Å². The Kier molecular flexibility index (Phi) is 5.18. The van der Waals surface area contributed by atoms with E-state index in [9.17, 15) is 4.79 Å². The first-order chi connectivity index (χ1) is 9.29. The number of hydrogen-bond acceptors (Lipinski definition) is 3. The second kappa shape index (κ2) is 7.11. The molecule has 104 valence electrons. The van der Waals surface area contributed by atoms with E-state index in [2.05, 4.69) is 17.6 Å². The van der Waals surface area contributed by atoms with Crippen molar-refractivity contribution in [2.24, 2.45) is 0 Å². The summed E-state index contributed by atoms with van der Waals surface area (Å²) in [4.78, 5) is 11.8. The second-order valence-corrected chi connectivity index (χ2v) is 4.41. The minimum absolute atomic E-state index is 0.0547. The molecule has 1 atom stereocenters. The molecule has 2 N–H and O–H groups in total. The number of urea groups is 1. The van der Waals surface area contributed by atoms with E-state index in [-0.39, 0.29) is 12.1 Å². The molecule has 0 aliphatic carbocycles. The molecule has 0 radical (unpaired) electrons. The third kappa shape index (κ3) is 4.22. The molecule has 1 unspecified atom stereocenters. The number of benzene rings is 1. The summed E-state index contributed by atoms with van der Waals surface area (Å²) in [6, 6.07) is 7.57. The number of carbonyl (C=O) groups excluding carboxylic acids is 1. The van der Waals surface area contributed by atoms with Gasteiger partial charge in [0.15, 0.2) is 0 Å². The van der Waals surface area contributed by atoms with Crippen molar-refractivity contribution >= 4 is 11.7 Å². The van der Waals surface area contributed by atoms with Crippen LogP contribution in [0.4, 0.5) is 10.5 Å². The average molecular weight is 264 g/mol. The Morgan fingerprint density at radius 3 is 2.95 bits per heavy atom. The normalized spacial score (nSPS) is 18.9. The fourth-order valence-corrected chi connectivity index (χ4v) is 1.98. The van der Waals surface area contributed by atoms with Gasteiger partial charge in [-0.15, -0.1) is 0 Å². The predicted octanol–water partition coefficient (Wildman–Crippen LogP) is 1.79. The SMILES string of the molecule is CCc1ccccc1NC(=O)NCC1COCCO1. The number of rotatable bonds is 4. The van der Waals surface area contributed by atoms with Crippen LogP contribution in [0.25, 0.3) is 0 Å². The Labute approximate surface area is 113 Å². The molecule has 1 heterocycles. The molecule has 1 saturated heterocycles. The van der Waals surface area contributed by atoms with Crippen molar-refractivity contribution in [1.29, 1.82) is 0 Å². The molecule has 0 spiro atoms. The maximum absolute atomic E-state index is 11.8. The summed E-state index contributed by atoms with van der Waals surface area (Å²) in [5.41, 5.74) is 1.97. The van der Waals surface area contributed by atoms with Crippen LogP contribution >= 0.6 is 0 Å². The Balaban J connectivity index is 1.80. The number of anilines is 1. The molecule has 1 aromatic carbocycles. The Hall–Kier alpha value is -1.59. The molecule has 0 bridgehead atoms. The molecule has 1 aliphatic rings. The zero-order chi connectivity index (χ0) is 13.5. The first kappa shape index (κ1) is 13.8. The van der Waals surface area contributed by atoms with Crippen LogP contribution in [0.5, 0.6) is 0 Å². The van der Waals surface area contributed by atoms with E-state index in [4.69, 9.17) is 9.47 Å². The van der Waals surface area contributed by atoms with Gasteiger partial charge in [0.1, 0.15) is 0 Å². The number of hydrogen-bond donors (Lipinski definition) is 2. The highest BCUT2D eigenvalue weighted by molar-refractivity contribution is 5.90. The van der Waals surface area contributed by atoms with E-state index in [1.807, 2.05) is 24.3 Å². The van der Waals surface area contributed by atoms with Crippen LogP contribution in [0, 0.1) is 0 Å². The van der Waals surface area contributed by atoms with Crippen LogP contribution in [-0.2, 0) is 15.9 Å². The van der Waals surface area contributed by atoms with Crippen molar-refractivity contribution in [3.8, 4) is 0 Å². The number of amides is 2. The van der Waals surface area contributed by atoms with Crippen molar-refractivity contribution < 1.29 is 14.3 Å². The van der Waals surface area contributed by atoms with Gasteiger partial charge in [-0.1, -0.05) is 25.1 Å². The van der Waals surface area contributed by atoms with Crippen molar-refractivity contribution in [1.82, 2.24) is 5.32 Å². The lowest BCUT2D eigenvalue weighted by Crippen LogP contribution is -2.41. The third-order valence-corrected chi connectivity index (χ3v) is 3.02. The number of ether oxygens (including phenoxy) is 2. The first-order valence-electron chi connectivity index (χ1n) is 6.61. The molecule has 1 aliphatic heterocycles. The molecular weight excluding hydrogens is 244 g/mol. The van der Waals surface area contributed by atoms with E-state index in [1.165, 1.54) is 0 Å². The van der Waals surface area contributed by atoms with Gasteiger partial charge in [-0.3, -0.25) is 0 Å². The molecule has 5 nitrogen and oxygen atoms in total. The maximum Gasteiger partial charge on any atom is 0.319 e. The summed E-state index contributed by atoms with van der Waals surface area (Å²) >= 11 is 0. The fraction of sp³-hybridized carbons (Fsp3) is 0.500. The third-order valence-electron chi connectivity index (χ3n) is 3.02. The summed E-state index contributed by atoms with van der Waals surface area (Å²) in [5, 5.41) is 5.65. The topological polar surface area (TPSA) is 59.6 Å². The van der Waals surface area contributed by atoms with Gasteiger partial charge < -0.3 is 20.1 Å². The van der Waals surface area contributed by atoms with E-state index in [0.717, 1.165) is 17.7 Å². The lowest BCUT2D eigenvalue weighted by atomic mass is 10.1. The van der Waals surface area contributed by atoms with Gasteiger partial charge in [-0.2, -0.15) is 0 Å². The first-order valence-corrected chi connectivity index (χ1v) is 6.61. The summed E-state index contributed by atoms with van der Waals surface area (Å²) in [6.45, 7) is 4.27. The van der Waals surface area contributed by atoms with Crippen molar-refractivity contribution in [2.75, 3.05) is 31.7 Å². The number of nitrogens with one attached hydrogen (secondary N) is 2. The van der Waals surface area contributed by atoms with Gasteiger partial charge in [0.05, 0.1) is 25.9 Å². The van der Waals surface area contributed by atoms with E-state index in [1.54, 1.807) is 0 Å². The van der Waals surface area contributed by atoms with Crippen LogP contribution in [0.2, 0.25) is 0 Å². The molecule has 0 saturated carbocycles. The molecule has 1 fully saturated rings. The van der Waals surface area contributed by atoms with Gasteiger partial charge >= 0.3 is 6.03 Å². The Morgan fingerprint density at radius 1 is 1.37 bits per heavy atom. The molecule has 5 heteroatoms. The average Bonchev–Trinajstić information content (AvgIpc) is 2.47. The summed E-state index contributed by atoms with van der Waals surface area (Å²) in [7, 11) is 0. The molecule has 2 amide bonds. The van der Waals surface area contributed by atoms with Crippen molar-refractivity contribution in [3.63, 3.8) is 0 Å². The van der Waals surface area contributed by atoms with E-state index >= 15 is 0 Å². The van der Waals surface area contributed by atoms with Crippen LogP contribution < -0.4 is 10.6 Å². The highest BCUT2D eigenvalue weighted by Crippen LogP contribution is 2.15. The number of carbonyl (C=O) groups is 1. The lowest BCUT2D eigenvalue weighted by molar-refractivity contribution is -0.0852. The summed E-state index contributed by atoms with van der Waals surface area (Å²) in [6.07, 6.45) is 0.830. The Morgan fingerprint density at radius 2 is 2.21 bits per heavy atom. The zero-order valence-electron chi connectivity index (χ0n) is 11.1. The van der Waals surface area contributed by atoms with Crippen LogP contribution in [0.3, 0.4) is 0 Å². The maximum atomic E-state index is 11.8. The van der Waals surface area contributed by atoms with E-state index < -0.39 is 0 Å². The Bertz CT molecular complexity index is 417. The van der Waals surface area contributed by atoms with Crippen LogP contribution in [0.1, 0.15) is 12.5 Å². The number of aryl methyl sites for hydroxylation is 1. The standard InChI is InChI=1S/C14H20N2O3/c1-2-11-5-3-4-6-13(11)16-14(17)15-9-12-10-18-7-8-19-12/h3-6,12H,2,7-10H2,1H3,(H2,15,16,17). The van der Waals surface area contributed by atoms with Gasteiger partial charge in [-0.25, -0.2) is 4.79 Å². The second-order valence-electron chi connectivity index (χ2n) is 4.41. The van der Waals surface area contributed by atoms with E-state index in [0.29, 0.717) is 26.4 Å². The minimum Gasteiger partial charge on any atom is -0.376 e. The molecular formula is C14H20N2O3. The predicted molar refractivity (Wildman–Crippen MR) is 73.4 cm³/mol. The summed E-state index contributed by atoms with van der Waals surface area (Å²) < 4.78 is 10.7. The lowest BCUT2D eigenvalue weighted by Gasteiger charge is -2.23. The fourth-order valence-electron chi connectivity index (χ4n) is 1.98. The smallest absolute Gasteiger partial charge is 0.319 e. The quantitative estimate of drug-likeness (QED) is 0.871. The molecule has 19 heavy (non-hydrogen) atoms. The monoisotopic (exact) mass is 264 g/mol. The highest BCUT2D eigenvalue weighted by Gasteiger charge is 2.15. The minimum atomic E-state index is -0.213.